The molecule has 0 atom stereocenters. The van der Waals surface area contributed by atoms with Gasteiger partial charge in [-0.1, -0.05) is 72.8 Å². The molecule has 5 aromatic rings. The van der Waals surface area contributed by atoms with E-state index in [0.717, 1.165) is 26.9 Å². The highest BCUT2D eigenvalue weighted by molar-refractivity contribution is 6.07. The van der Waals surface area contributed by atoms with E-state index in [0.29, 0.717) is 11.3 Å². The van der Waals surface area contributed by atoms with Crippen LogP contribution < -0.4 is 4.74 Å². The van der Waals surface area contributed by atoms with E-state index in [1.54, 1.807) is 0 Å². The van der Waals surface area contributed by atoms with Crippen LogP contribution in [0.1, 0.15) is 10.4 Å². The first-order valence-corrected chi connectivity index (χ1v) is 8.91. The molecule has 0 saturated heterocycles. The van der Waals surface area contributed by atoms with Crippen LogP contribution in [0.2, 0.25) is 0 Å². The van der Waals surface area contributed by atoms with Crippen LogP contribution >= 0.6 is 0 Å². The molecular formula is C25H16O2. The standard InChI is InChI=1S/C25H16O2/c26-25(22-13-5-10-17-7-3-4-12-21(17)22)27-24-14-6-11-20-15-18-8-1-2-9-19(18)16-23(20)24/h1-16H. The van der Waals surface area contributed by atoms with Crippen LogP contribution in [-0.4, -0.2) is 5.97 Å². The second kappa shape index (κ2) is 6.26. The monoisotopic (exact) mass is 348 g/mol. The van der Waals surface area contributed by atoms with Gasteiger partial charge in [0, 0.05) is 5.39 Å². The first-order valence-electron chi connectivity index (χ1n) is 8.91. The highest BCUT2D eigenvalue weighted by atomic mass is 16.5. The fourth-order valence-electron chi connectivity index (χ4n) is 3.59. The zero-order chi connectivity index (χ0) is 18.2. The Balaban J connectivity index is 1.61. The summed E-state index contributed by atoms with van der Waals surface area (Å²) in [6, 6.07) is 31.7. The predicted molar refractivity (Wildman–Crippen MR) is 110 cm³/mol. The first-order chi connectivity index (χ1) is 13.3. The SMILES string of the molecule is O=C(Oc1cccc2cc3ccccc3cc12)c1cccc2ccccc12. The topological polar surface area (TPSA) is 26.3 Å². The van der Waals surface area contributed by atoms with Crippen LogP contribution in [0.4, 0.5) is 0 Å². The lowest BCUT2D eigenvalue weighted by molar-refractivity contribution is 0.0739. The molecule has 0 saturated carbocycles. The van der Waals surface area contributed by atoms with Gasteiger partial charge in [-0.3, -0.25) is 0 Å². The van der Waals surface area contributed by atoms with Crippen molar-refractivity contribution >= 4 is 38.3 Å². The summed E-state index contributed by atoms with van der Waals surface area (Å²) in [4.78, 5) is 12.9. The number of benzene rings is 5. The maximum Gasteiger partial charge on any atom is 0.344 e. The minimum absolute atomic E-state index is 0.340. The van der Waals surface area contributed by atoms with Gasteiger partial charge in [-0.25, -0.2) is 4.79 Å². The fourth-order valence-corrected chi connectivity index (χ4v) is 3.59. The second-order valence-electron chi connectivity index (χ2n) is 6.59. The van der Waals surface area contributed by atoms with Crippen molar-refractivity contribution in [2.75, 3.05) is 0 Å². The molecule has 0 spiro atoms. The largest absolute Gasteiger partial charge is 0.422 e. The zero-order valence-corrected chi connectivity index (χ0v) is 14.6. The molecule has 0 aliphatic heterocycles. The number of esters is 1. The highest BCUT2D eigenvalue weighted by Crippen LogP contribution is 2.31. The summed E-state index contributed by atoms with van der Waals surface area (Å²) < 4.78 is 5.83. The minimum atomic E-state index is -0.340. The Labute approximate surface area is 156 Å². The summed E-state index contributed by atoms with van der Waals surface area (Å²) in [6.07, 6.45) is 0. The van der Waals surface area contributed by atoms with Crippen molar-refractivity contribution in [3.8, 4) is 5.75 Å². The number of carbonyl (C=O) groups excluding carboxylic acids is 1. The molecule has 0 aromatic heterocycles. The van der Waals surface area contributed by atoms with Gasteiger partial charge in [0.1, 0.15) is 5.75 Å². The van der Waals surface area contributed by atoms with Crippen molar-refractivity contribution in [2.24, 2.45) is 0 Å². The summed E-state index contributed by atoms with van der Waals surface area (Å²) in [7, 11) is 0. The molecule has 2 nitrogen and oxygen atoms in total. The summed E-state index contributed by atoms with van der Waals surface area (Å²) in [6.45, 7) is 0. The van der Waals surface area contributed by atoms with E-state index >= 15 is 0 Å². The molecule has 0 amide bonds. The van der Waals surface area contributed by atoms with Crippen LogP contribution in [0.3, 0.4) is 0 Å². The Hall–Kier alpha value is -3.65. The molecule has 128 valence electrons. The molecule has 0 aliphatic carbocycles. The zero-order valence-electron chi connectivity index (χ0n) is 14.6. The molecule has 0 bridgehead atoms. The number of hydrogen-bond donors (Lipinski definition) is 0. The average molecular weight is 348 g/mol. The Morgan fingerprint density at radius 2 is 1.19 bits per heavy atom. The van der Waals surface area contributed by atoms with Crippen LogP contribution in [-0.2, 0) is 0 Å². The van der Waals surface area contributed by atoms with Crippen LogP contribution in [0.5, 0.6) is 5.75 Å². The van der Waals surface area contributed by atoms with Crippen molar-refractivity contribution in [3.05, 3.63) is 103 Å². The molecule has 27 heavy (non-hydrogen) atoms. The fraction of sp³-hybridized carbons (Fsp3) is 0. The lowest BCUT2D eigenvalue weighted by atomic mass is 10.0. The van der Waals surface area contributed by atoms with E-state index in [1.807, 2.05) is 72.8 Å². The maximum absolute atomic E-state index is 12.9. The molecule has 0 radical (unpaired) electrons. The van der Waals surface area contributed by atoms with E-state index in [2.05, 4.69) is 24.3 Å². The lowest BCUT2D eigenvalue weighted by Gasteiger charge is -2.10. The van der Waals surface area contributed by atoms with Gasteiger partial charge in [-0.05, 0) is 51.2 Å². The summed E-state index contributed by atoms with van der Waals surface area (Å²) in [5.41, 5.74) is 0.575. The smallest absolute Gasteiger partial charge is 0.344 e. The third kappa shape index (κ3) is 2.72. The number of carbonyl (C=O) groups is 1. The molecule has 0 unspecified atom stereocenters. The van der Waals surface area contributed by atoms with Crippen molar-refractivity contribution in [1.29, 1.82) is 0 Å². The van der Waals surface area contributed by atoms with Gasteiger partial charge in [-0.15, -0.1) is 0 Å². The second-order valence-corrected chi connectivity index (χ2v) is 6.59. The van der Waals surface area contributed by atoms with Crippen LogP contribution in [0.15, 0.2) is 97.1 Å². The van der Waals surface area contributed by atoms with Gasteiger partial charge in [0.25, 0.3) is 0 Å². The third-order valence-electron chi connectivity index (χ3n) is 4.92. The molecule has 5 aromatic carbocycles. The van der Waals surface area contributed by atoms with E-state index in [1.165, 1.54) is 5.39 Å². The lowest BCUT2D eigenvalue weighted by Crippen LogP contribution is -2.09. The van der Waals surface area contributed by atoms with E-state index in [4.69, 9.17) is 4.74 Å². The van der Waals surface area contributed by atoms with E-state index in [9.17, 15) is 4.79 Å². The van der Waals surface area contributed by atoms with Crippen molar-refractivity contribution in [2.45, 2.75) is 0 Å². The Morgan fingerprint density at radius 1 is 0.556 bits per heavy atom. The molecule has 0 fully saturated rings. The number of ether oxygens (including phenoxy) is 1. The minimum Gasteiger partial charge on any atom is -0.422 e. The van der Waals surface area contributed by atoms with Gasteiger partial charge in [-0.2, -0.15) is 0 Å². The van der Waals surface area contributed by atoms with Gasteiger partial charge in [0.05, 0.1) is 5.56 Å². The quantitative estimate of drug-likeness (QED) is 0.211. The van der Waals surface area contributed by atoms with E-state index in [-0.39, 0.29) is 5.97 Å². The Morgan fingerprint density at radius 3 is 2.04 bits per heavy atom. The first kappa shape index (κ1) is 15.6. The molecule has 2 heteroatoms. The summed E-state index contributed by atoms with van der Waals surface area (Å²) in [5.74, 6) is 0.239. The predicted octanol–water partition coefficient (Wildman–Crippen LogP) is 6.37. The molecule has 0 N–H and O–H groups in total. The van der Waals surface area contributed by atoms with Crippen molar-refractivity contribution in [3.63, 3.8) is 0 Å². The van der Waals surface area contributed by atoms with Crippen molar-refractivity contribution in [1.82, 2.24) is 0 Å². The van der Waals surface area contributed by atoms with Crippen LogP contribution in [0.25, 0.3) is 32.3 Å². The number of hydrogen-bond acceptors (Lipinski definition) is 2. The maximum atomic E-state index is 12.9. The average Bonchev–Trinajstić information content (AvgIpc) is 2.72. The Bertz CT molecular complexity index is 1310. The number of rotatable bonds is 2. The van der Waals surface area contributed by atoms with Gasteiger partial charge in [0.15, 0.2) is 0 Å². The number of fused-ring (bicyclic) bond motifs is 3. The molecular weight excluding hydrogens is 332 g/mol. The van der Waals surface area contributed by atoms with Crippen molar-refractivity contribution < 1.29 is 9.53 Å². The van der Waals surface area contributed by atoms with Gasteiger partial charge >= 0.3 is 5.97 Å². The molecule has 0 heterocycles. The molecule has 5 rings (SSSR count). The Kier molecular flexibility index (Phi) is 3.61. The van der Waals surface area contributed by atoms with Gasteiger partial charge in [0.2, 0.25) is 0 Å². The normalized spacial score (nSPS) is 11.1. The third-order valence-corrected chi connectivity index (χ3v) is 4.92. The summed E-state index contributed by atoms with van der Waals surface area (Å²) >= 11 is 0. The van der Waals surface area contributed by atoms with Gasteiger partial charge < -0.3 is 4.74 Å². The van der Waals surface area contributed by atoms with E-state index < -0.39 is 0 Å². The highest BCUT2D eigenvalue weighted by Gasteiger charge is 2.14. The summed E-state index contributed by atoms with van der Waals surface area (Å²) in [5, 5.41) is 6.20. The molecule has 0 aliphatic rings. The van der Waals surface area contributed by atoms with Crippen LogP contribution in [0, 0.1) is 0 Å².